The molecule has 0 aliphatic carbocycles. The van der Waals surface area contributed by atoms with Gasteiger partial charge in [0.2, 0.25) is 0 Å². The molecule has 1 saturated heterocycles. The van der Waals surface area contributed by atoms with E-state index in [-0.39, 0.29) is 0 Å². The molecule has 0 saturated carbocycles. The van der Waals surface area contributed by atoms with Gasteiger partial charge >= 0.3 is 0 Å². The number of hydrogen-bond donors (Lipinski definition) is 2. The molecular weight excluding hydrogens is 226 g/mol. The van der Waals surface area contributed by atoms with Gasteiger partial charge in [0.25, 0.3) is 0 Å². The van der Waals surface area contributed by atoms with Gasteiger partial charge in [-0.15, -0.1) is 0 Å². The predicted octanol–water partition coefficient (Wildman–Crippen LogP) is 0.868. The van der Waals surface area contributed by atoms with Crippen molar-refractivity contribution in [2.45, 2.75) is 51.1 Å². The van der Waals surface area contributed by atoms with Gasteiger partial charge in [-0.1, -0.05) is 6.42 Å². The normalized spacial score (nSPS) is 22.0. The minimum atomic E-state index is 0.560. The monoisotopic (exact) mass is 251 g/mol. The van der Waals surface area contributed by atoms with Crippen LogP contribution in [-0.4, -0.2) is 39.9 Å². The van der Waals surface area contributed by atoms with Crippen molar-refractivity contribution in [3.05, 3.63) is 12.2 Å². The van der Waals surface area contributed by atoms with E-state index in [1.165, 1.54) is 32.2 Å². The third kappa shape index (κ3) is 4.38. The van der Waals surface area contributed by atoms with E-state index in [0.29, 0.717) is 12.1 Å². The fraction of sp³-hybridized carbons (Fsp3) is 0.846. The number of hydrogen-bond acceptors (Lipinski definition) is 4. The highest BCUT2D eigenvalue weighted by Gasteiger charge is 2.15. The van der Waals surface area contributed by atoms with E-state index in [2.05, 4.69) is 27.6 Å². The number of rotatable bonds is 6. The Balaban J connectivity index is 1.60. The fourth-order valence-corrected chi connectivity index (χ4v) is 2.56. The highest BCUT2D eigenvalue weighted by Crippen LogP contribution is 2.11. The average molecular weight is 251 g/mol. The Labute approximate surface area is 109 Å². The lowest BCUT2D eigenvalue weighted by molar-refractivity contribution is 0.345. The van der Waals surface area contributed by atoms with Gasteiger partial charge in [0.1, 0.15) is 6.33 Å². The van der Waals surface area contributed by atoms with Crippen LogP contribution in [0, 0.1) is 0 Å². The van der Waals surface area contributed by atoms with E-state index in [0.717, 1.165) is 18.8 Å². The van der Waals surface area contributed by atoms with Gasteiger partial charge in [-0.25, -0.2) is 4.98 Å². The summed E-state index contributed by atoms with van der Waals surface area (Å²) in [6.07, 6.45) is 7.92. The first kappa shape index (κ1) is 13.5. The van der Waals surface area contributed by atoms with Crippen LogP contribution in [-0.2, 0) is 13.5 Å². The number of nitrogens with one attached hydrogen (secondary N) is 2. The van der Waals surface area contributed by atoms with Crippen LogP contribution in [0.1, 0.15) is 38.4 Å². The average Bonchev–Trinajstić information content (AvgIpc) is 2.76. The Morgan fingerprint density at radius 2 is 2.44 bits per heavy atom. The summed E-state index contributed by atoms with van der Waals surface area (Å²) in [5.41, 5.74) is 0. The van der Waals surface area contributed by atoms with Crippen LogP contribution >= 0.6 is 0 Å². The molecule has 1 aliphatic heterocycles. The SMILES string of the molecule is CC(CC1CCCCN1)NCCc1ncn(C)n1. The molecule has 5 nitrogen and oxygen atoms in total. The molecule has 0 spiro atoms. The summed E-state index contributed by atoms with van der Waals surface area (Å²) in [6, 6.07) is 1.26. The van der Waals surface area contributed by atoms with Crippen LogP contribution in [0.15, 0.2) is 6.33 Å². The molecule has 102 valence electrons. The number of aromatic nitrogens is 3. The summed E-state index contributed by atoms with van der Waals surface area (Å²) in [5.74, 6) is 0.924. The van der Waals surface area contributed by atoms with E-state index in [9.17, 15) is 0 Å². The minimum Gasteiger partial charge on any atom is -0.314 e. The molecule has 2 rings (SSSR count). The Hall–Kier alpha value is -0.940. The van der Waals surface area contributed by atoms with Crippen LogP contribution in [0.4, 0.5) is 0 Å². The molecule has 5 heteroatoms. The first-order valence-electron chi connectivity index (χ1n) is 7.05. The highest BCUT2D eigenvalue weighted by atomic mass is 15.3. The number of aryl methyl sites for hydroxylation is 1. The Morgan fingerprint density at radius 1 is 1.56 bits per heavy atom. The Bertz CT molecular complexity index is 343. The van der Waals surface area contributed by atoms with Crippen molar-refractivity contribution in [1.82, 2.24) is 25.4 Å². The van der Waals surface area contributed by atoms with Gasteiger partial charge in [0.15, 0.2) is 5.82 Å². The number of piperidine rings is 1. The van der Waals surface area contributed by atoms with Gasteiger partial charge in [0.05, 0.1) is 0 Å². The van der Waals surface area contributed by atoms with Gasteiger partial charge < -0.3 is 10.6 Å². The van der Waals surface area contributed by atoms with Gasteiger partial charge in [0, 0.05) is 32.1 Å². The Kier molecular flexibility index (Phi) is 5.13. The minimum absolute atomic E-state index is 0.560. The van der Waals surface area contributed by atoms with E-state index in [4.69, 9.17) is 0 Å². The van der Waals surface area contributed by atoms with Crippen molar-refractivity contribution in [2.75, 3.05) is 13.1 Å². The summed E-state index contributed by atoms with van der Waals surface area (Å²) >= 11 is 0. The standard InChI is InChI=1S/C13H25N5/c1-11(9-12-5-3-4-7-15-12)14-8-6-13-16-10-18(2)17-13/h10-12,14-15H,3-9H2,1-2H3. The predicted molar refractivity (Wildman–Crippen MR) is 72.4 cm³/mol. The molecule has 2 atom stereocenters. The van der Waals surface area contributed by atoms with Crippen LogP contribution < -0.4 is 10.6 Å². The van der Waals surface area contributed by atoms with E-state index >= 15 is 0 Å². The first-order chi connectivity index (χ1) is 8.74. The van der Waals surface area contributed by atoms with E-state index in [1.54, 1.807) is 11.0 Å². The smallest absolute Gasteiger partial charge is 0.151 e. The van der Waals surface area contributed by atoms with Gasteiger partial charge in [-0.3, -0.25) is 4.68 Å². The largest absolute Gasteiger partial charge is 0.314 e. The molecule has 18 heavy (non-hydrogen) atoms. The second-order valence-corrected chi connectivity index (χ2v) is 5.32. The maximum absolute atomic E-state index is 4.28. The topological polar surface area (TPSA) is 54.8 Å². The molecule has 0 radical (unpaired) electrons. The quantitative estimate of drug-likeness (QED) is 0.787. The van der Waals surface area contributed by atoms with Crippen molar-refractivity contribution in [3.63, 3.8) is 0 Å². The van der Waals surface area contributed by atoms with E-state index in [1.807, 2.05) is 7.05 Å². The zero-order valence-electron chi connectivity index (χ0n) is 11.5. The second-order valence-electron chi connectivity index (χ2n) is 5.32. The van der Waals surface area contributed by atoms with Crippen molar-refractivity contribution >= 4 is 0 Å². The zero-order valence-corrected chi connectivity index (χ0v) is 11.5. The maximum atomic E-state index is 4.28. The highest BCUT2D eigenvalue weighted by molar-refractivity contribution is 4.83. The van der Waals surface area contributed by atoms with Crippen molar-refractivity contribution in [1.29, 1.82) is 0 Å². The zero-order chi connectivity index (χ0) is 12.8. The summed E-state index contributed by atoms with van der Waals surface area (Å²) in [7, 11) is 1.90. The molecule has 0 bridgehead atoms. The maximum Gasteiger partial charge on any atom is 0.151 e. The molecule has 1 aromatic heterocycles. The van der Waals surface area contributed by atoms with Crippen LogP contribution in [0.2, 0.25) is 0 Å². The summed E-state index contributed by atoms with van der Waals surface area (Å²) in [4.78, 5) is 4.23. The molecule has 1 aliphatic rings. The number of nitrogens with zero attached hydrogens (tertiary/aromatic N) is 3. The third-order valence-electron chi connectivity index (χ3n) is 3.54. The fourth-order valence-electron chi connectivity index (χ4n) is 2.56. The van der Waals surface area contributed by atoms with E-state index < -0.39 is 0 Å². The molecule has 2 unspecified atom stereocenters. The molecule has 1 fully saturated rings. The lowest BCUT2D eigenvalue weighted by atomic mass is 9.99. The lowest BCUT2D eigenvalue weighted by Crippen LogP contribution is -2.40. The molecule has 0 amide bonds. The summed E-state index contributed by atoms with van der Waals surface area (Å²) < 4.78 is 1.75. The van der Waals surface area contributed by atoms with Crippen molar-refractivity contribution in [3.8, 4) is 0 Å². The van der Waals surface area contributed by atoms with Crippen LogP contribution in [0.5, 0.6) is 0 Å². The van der Waals surface area contributed by atoms with Gasteiger partial charge in [-0.2, -0.15) is 5.10 Å². The van der Waals surface area contributed by atoms with Crippen molar-refractivity contribution < 1.29 is 0 Å². The molecular formula is C13H25N5. The second kappa shape index (κ2) is 6.85. The Morgan fingerprint density at radius 3 is 3.11 bits per heavy atom. The third-order valence-corrected chi connectivity index (χ3v) is 3.54. The van der Waals surface area contributed by atoms with Crippen LogP contribution in [0.25, 0.3) is 0 Å². The lowest BCUT2D eigenvalue weighted by Gasteiger charge is -2.26. The molecule has 2 heterocycles. The summed E-state index contributed by atoms with van der Waals surface area (Å²) in [6.45, 7) is 4.41. The first-order valence-corrected chi connectivity index (χ1v) is 7.05. The molecule has 0 aromatic carbocycles. The summed E-state index contributed by atoms with van der Waals surface area (Å²) in [5, 5.41) is 11.4. The van der Waals surface area contributed by atoms with Crippen LogP contribution in [0.3, 0.4) is 0 Å². The van der Waals surface area contributed by atoms with Gasteiger partial charge in [-0.05, 0) is 32.7 Å². The molecule has 2 N–H and O–H groups in total. The molecule has 1 aromatic rings. The van der Waals surface area contributed by atoms with Crippen molar-refractivity contribution in [2.24, 2.45) is 7.05 Å².